The maximum Gasteiger partial charge on any atom is 0.488 e. The number of fused-ring (bicyclic) bond motifs is 6. The molecular formula is C66H52BBrCl2O2. The molecule has 2 aliphatic carbocycles. The van der Waals surface area contributed by atoms with Crippen molar-refractivity contribution in [3.05, 3.63) is 267 Å². The fourth-order valence-electron chi connectivity index (χ4n) is 10.4. The van der Waals surface area contributed by atoms with Gasteiger partial charge in [-0.3, -0.25) is 0 Å². The Morgan fingerprint density at radius 3 is 1.10 bits per heavy atom. The fraction of sp³-hybridized carbons (Fsp3) is 0.0909. The lowest BCUT2D eigenvalue weighted by Gasteiger charge is -2.22. The quantitative estimate of drug-likeness (QED) is 0.163. The van der Waals surface area contributed by atoms with Crippen LogP contribution in [0.3, 0.4) is 0 Å². The molecule has 0 saturated heterocycles. The molecule has 6 heteroatoms. The van der Waals surface area contributed by atoms with Crippen LogP contribution < -0.4 is 5.46 Å². The van der Waals surface area contributed by atoms with Gasteiger partial charge in [0.2, 0.25) is 0 Å². The first-order valence-corrected chi connectivity index (χ1v) is 25.7. The summed E-state index contributed by atoms with van der Waals surface area (Å²) in [6, 6.07) is 79.8. The van der Waals surface area contributed by atoms with E-state index in [2.05, 4.69) is 201 Å². The van der Waals surface area contributed by atoms with Crippen molar-refractivity contribution in [3.8, 4) is 77.9 Å². The van der Waals surface area contributed by atoms with E-state index in [9.17, 15) is 0 Å². The monoisotopic (exact) mass is 1040 g/mol. The van der Waals surface area contributed by atoms with Gasteiger partial charge in [-0.15, -0.1) is 0 Å². The van der Waals surface area contributed by atoms with Gasteiger partial charge in [0.05, 0.1) is 0 Å². The number of benzene rings is 10. The third-order valence-corrected chi connectivity index (χ3v) is 15.1. The van der Waals surface area contributed by atoms with Crippen molar-refractivity contribution in [2.24, 2.45) is 0 Å². The number of hydrogen-bond donors (Lipinski definition) is 2. The Bertz CT molecular complexity index is 3550. The highest BCUT2D eigenvalue weighted by molar-refractivity contribution is 9.10. The Kier molecular flexibility index (Phi) is 13.8. The predicted octanol–water partition coefficient (Wildman–Crippen LogP) is 17.8. The standard InChI is InChI=1S/C33H25Cl.C21H16BrCl.C12H11BO2/c1-33(2)31-11-7-6-10-29(31)30-17-16-25(21-32(30)33)27-18-26(19-28(34)20-27)24-14-12-23(13-15-24)22-8-4-3-5-9-22;1-21(2)19-6-4-3-5-17(19)18-8-7-13(11-20(18)21)14-9-15(22)12-16(23)10-14;14-13(15)12-8-6-11(7-9-12)10-4-2-1-3-5-10/h3-21H,1-2H3;3-12H,1-2H3;1-9,14-15H. The fourth-order valence-corrected chi connectivity index (χ4v) is 11.5. The average Bonchev–Trinajstić information content (AvgIpc) is 3.78. The van der Waals surface area contributed by atoms with Gasteiger partial charge in [-0.05, 0) is 154 Å². The van der Waals surface area contributed by atoms with E-state index in [0.717, 1.165) is 47.9 Å². The van der Waals surface area contributed by atoms with Gasteiger partial charge in [-0.2, -0.15) is 0 Å². The Hall–Kier alpha value is -6.76. The molecule has 10 aromatic rings. The van der Waals surface area contributed by atoms with Crippen molar-refractivity contribution in [2.45, 2.75) is 38.5 Å². The van der Waals surface area contributed by atoms with Crippen LogP contribution in [-0.4, -0.2) is 17.2 Å². The molecule has 0 spiro atoms. The molecule has 0 bridgehead atoms. The molecule has 0 aliphatic heterocycles. The predicted molar refractivity (Wildman–Crippen MR) is 309 cm³/mol. The Labute approximate surface area is 442 Å². The van der Waals surface area contributed by atoms with Crippen molar-refractivity contribution in [1.29, 1.82) is 0 Å². The van der Waals surface area contributed by atoms with Gasteiger partial charge in [-0.1, -0.05) is 249 Å². The van der Waals surface area contributed by atoms with Gasteiger partial charge in [0, 0.05) is 25.3 Å². The van der Waals surface area contributed by atoms with Gasteiger partial charge >= 0.3 is 7.12 Å². The molecule has 0 fully saturated rings. The molecule has 0 radical (unpaired) electrons. The van der Waals surface area contributed by atoms with Crippen LogP contribution in [0.4, 0.5) is 0 Å². The largest absolute Gasteiger partial charge is 0.488 e. The van der Waals surface area contributed by atoms with E-state index in [1.165, 1.54) is 66.8 Å². The summed E-state index contributed by atoms with van der Waals surface area (Å²) in [5.74, 6) is 0. The molecule has 0 heterocycles. The van der Waals surface area contributed by atoms with Crippen molar-refractivity contribution in [2.75, 3.05) is 0 Å². The van der Waals surface area contributed by atoms with Crippen LogP contribution in [0, 0.1) is 0 Å². The molecule has 0 saturated carbocycles. The smallest absolute Gasteiger partial charge is 0.423 e. The summed E-state index contributed by atoms with van der Waals surface area (Å²) < 4.78 is 1.00. The van der Waals surface area contributed by atoms with E-state index in [1.54, 1.807) is 12.1 Å². The Balaban J connectivity index is 0.000000135. The van der Waals surface area contributed by atoms with Gasteiger partial charge in [0.25, 0.3) is 0 Å². The molecule has 2 nitrogen and oxygen atoms in total. The molecule has 12 rings (SSSR count). The van der Waals surface area contributed by atoms with Crippen LogP contribution in [0.2, 0.25) is 10.0 Å². The first-order chi connectivity index (χ1) is 34.7. The van der Waals surface area contributed by atoms with Crippen molar-refractivity contribution < 1.29 is 10.0 Å². The normalized spacial score (nSPS) is 13.0. The lowest BCUT2D eigenvalue weighted by Crippen LogP contribution is -2.29. The summed E-state index contributed by atoms with van der Waals surface area (Å²) in [5.41, 5.74) is 23.1. The second-order valence-corrected chi connectivity index (χ2v) is 21.3. The zero-order chi connectivity index (χ0) is 50.1. The van der Waals surface area contributed by atoms with Gasteiger partial charge in [0.1, 0.15) is 0 Å². The summed E-state index contributed by atoms with van der Waals surface area (Å²) >= 11 is 16.4. The molecule has 2 aliphatic rings. The summed E-state index contributed by atoms with van der Waals surface area (Å²) in [5, 5.41) is 19.4. The minimum Gasteiger partial charge on any atom is -0.423 e. The Morgan fingerprint density at radius 2 is 0.653 bits per heavy atom. The molecule has 2 N–H and O–H groups in total. The first-order valence-electron chi connectivity index (χ1n) is 24.2. The average molecular weight is 1040 g/mol. The van der Waals surface area contributed by atoms with E-state index in [0.29, 0.717) is 5.46 Å². The van der Waals surface area contributed by atoms with Crippen LogP contribution in [0.25, 0.3) is 77.9 Å². The molecule has 72 heavy (non-hydrogen) atoms. The molecule has 352 valence electrons. The molecule has 0 amide bonds. The molecule has 0 aromatic heterocycles. The SMILES string of the molecule is CC1(C)c2ccccc2-c2ccc(-c3cc(Cl)cc(-c4ccc(-c5ccccc5)cc4)c3)cc21.CC1(C)c2ccccc2-c2ccc(-c3cc(Cl)cc(Br)c3)cc21.OB(O)c1ccc(-c2ccccc2)cc1. The highest BCUT2D eigenvalue weighted by Crippen LogP contribution is 2.51. The third kappa shape index (κ3) is 9.91. The van der Waals surface area contributed by atoms with Crippen LogP contribution in [0.5, 0.6) is 0 Å². The molecular weight excluding hydrogens is 986 g/mol. The third-order valence-electron chi connectivity index (χ3n) is 14.2. The second kappa shape index (κ2) is 20.4. The lowest BCUT2D eigenvalue weighted by molar-refractivity contribution is 0.426. The number of rotatable bonds is 6. The zero-order valence-electron chi connectivity index (χ0n) is 40.5. The molecule has 10 aromatic carbocycles. The van der Waals surface area contributed by atoms with Crippen molar-refractivity contribution in [3.63, 3.8) is 0 Å². The maximum atomic E-state index is 8.94. The summed E-state index contributed by atoms with van der Waals surface area (Å²) in [6.07, 6.45) is 0. The summed E-state index contributed by atoms with van der Waals surface area (Å²) in [6.45, 7) is 9.24. The lowest BCUT2D eigenvalue weighted by atomic mass is 9.80. The van der Waals surface area contributed by atoms with Crippen LogP contribution in [0.1, 0.15) is 49.9 Å². The van der Waals surface area contributed by atoms with Crippen LogP contribution in [0.15, 0.2) is 235 Å². The van der Waals surface area contributed by atoms with E-state index >= 15 is 0 Å². The number of hydrogen-bond acceptors (Lipinski definition) is 2. The topological polar surface area (TPSA) is 40.5 Å². The van der Waals surface area contributed by atoms with E-state index in [-0.39, 0.29) is 10.8 Å². The minimum atomic E-state index is -1.39. The van der Waals surface area contributed by atoms with Gasteiger partial charge in [0.15, 0.2) is 0 Å². The van der Waals surface area contributed by atoms with Crippen molar-refractivity contribution >= 4 is 51.7 Å². The van der Waals surface area contributed by atoms with Crippen molar-refractivity contribution in [1.82, 2.24) is 0 Å². The van der Waals surface area contributed by atoms with Gasteiger partial charge in [-0.25, -0.2) is 0 Å². The second-order valence-electron chi connectivity index (χ2n) is 19.6. The minimum absolute atomic E-state index is 0.0173. The van der Waals surface area contributed by atoms with Crippen LogP contribution >= 0.6 is 39.1 Å². The first kappa shape index (κ1) is 48.9. The highest BCUT2D eigenvalue weighted by Gasteiger charge is 2.36. The highest BCUT2D eigenvalue weighted by atomic mass is 79.9. The van der Waals surface area contributed by atoms with Crippen LogP contribution in [-0.2, 0) is 10.8 Å². The molecule has 0 unspecified atom stereocenters. The summed E-state index contributed by atoms with van der Waals surface area (Å²) in [4.78, 5) is 0. The molecule has 0 atom stereocenters. The summed E-state index contributed by atoms with van der Waals surface area (Å²) in [7, 11) is -1.39. The van der Waals surface area contributed by atoms with Gasteiger partial charge < -0.3 is 10.0 Å². The maximum absolute atomic E-state index is 8.94. The van der Waals surface area contributed by atoms with E-state index in [4.69, 9.17) is 33.2 Å². The Morgan fingerprint density at radius 1 is 0.319 bits per heavy atom. The van der Waals surface area contributed by atoms with E-state index < -0.39 is 7.12 Å². The number of halogens is 3. The van der Waals surface area contributed by atoms with E-state index in [1.807, 2.05) is 60.7 Å². The zero-order valence-corrected chi connectivity index (χ0v) is 43.6.